The zero-order chi connectivity index (χ0) is 9.19. The zero-order valence-corrected chi connectivity index (χ0v) is 8.70. The number of epoxide rings is 1. The Morgan fingerprint density at radius 1 is 1.08 bits per heavy atom. The van der Waals surface area contributed by atoms with E-state index in [9.17, 15) is 0 Å². The molecule has 0 amide bonds. The van der Waals surface area contributed by atoms with Crippen molar-refractivity contribution < 1.29 is 22.4 Å². The molecule has 0 bridgehead atoms. The lowest BCUT2D eigenvalue weighted by atomic mass is 10.5. The number of ether oxygens (including phenoxy) is 1. The minimum Gasteiger partial charge on any atom is -0.355 e. The zero-order valence-electron chi connectivity index (χ0n) is 7.70. The van der Waals surface area contributed by atoms with Crippen molar-refractivity contribution in [2.24, 2.45) is 0 Å². The number of hydrogen-bond donors (Lipinski definition) is 0. The van der Waals surface area contributed by atoms with E-state index in [-0.39, 0.29) is 12.4 Å². The maximum atomic E-state index is 5.36. The molecule has 5 nitrogen and oxygen atoms in total. The van der Waals surface area contributed by atoms with E-state index in [1.54, 1.807) is 0 Å². The molecule has 1 aliphatic rings. The summed E-state index contributed by atoms with van der Waals surface area (Å²) in [4.78, 5) is 0. The first kappa shape index (κ1) is 10.1. The van der Waals surface area contributed by atoms with E-state index in [0.29, 0.717) is 0 Å². The molecule has 0 aromatic rings. The molecule has 1 heterocycles. The highest BCUT2D eigenvalue weighted by molar-refractivity contribution is 6.53. The monoisotopic (exact) mass is 194 g/mol. The van der Waals surface area contributed by atoms with Crippen LogP contribution >= 0.6 is 0 Å². The standard InChI is InChI=1S/C6H14O5Si/c1-5-6(10-5)11-12(7-2,8-3)9-4/h5-6H,1-4H3. The third-order valence-electron chi connectivity index (χ3n) is 1.67. The molecule has 6 heteroatoms. The van der Waals surface area contributed by atoms with Crippen LogP contribution in [-0.2, 0) is 22.4 Å². The van der Waals surface area contributed by atoms with Crippen molar-refractivity contribution in [3.8, 4) is 0 Å². The summed E-state index contributed by atoms with van der Waals surface area (Å²) in [5.41, 5.74) is 0. The Labute approximate surface area is 73.0 Å². The van der Waals surface area contributed by atoms with Crippen molar-refractivity contribution in [3.05, 3.63) is 0 Å². The third-order valence-corrected chi connectivity index (χ3v) is 3.69. The van der Waals surface area contributed by atoms with Crippen LogP contribution in [0.15, 0.2) is 0 Å². The molecule has 0 aliphatic carbocycles. The Morgan fingerprint density at radius 3 is 1.75 bits per heavy atom. The average molecular weight is 194 g/mol. The van der Waals surface area contributed by atoms with Gasteiger partial charge in [0.25, 0.3) is 0 Å². The van der Waals surface area contributed by atoms with Crippen molar-refractivity contribution in [2.75, 3.05) is 21.3 Å². The van der Waals surface area contributed by atoms with Crippen molar-refractivity contribution >= 4 is 9.05 Å². The van der Waals surface area contributed by atoms with Gasteiger partial charge in [0.2, 0.25) is 0 Å². The predicted molar refractivity (Wildman–Crippen MR) is 42.2 cm³/mol. The van der Waals surface area contributed by atoms with Crippen LogP contribution in [0.4, 0.5) is 0 Å². The molecular formula is C6H14O5Si. The van der Waals surface area contributed by atoms with Gasteiger partial charge in [-0.3, -0.25) is 0 Å². The van der Waals surface area contributed by atoms with Gasteiger partial charge in [-0.05, 0) is 6.92 Å². The fourth-order valence-corrected chi connectivity index (χ4v) is 2.15. The van der Waals surface area contributed by atoms with Gasteiger partial charge in [0, 0.05) is 21.3 Å². The Morgan fingerprint density at radius 2 is 1.50 bits per heavy atom. The summed E-state index contributed by atoms with van der Waals surface area (Å²) in [5, 5.41) is 0. The van der Waals surface area contributed by atoms with Crippen molar-refractivity contribution in [1.29, 1.82) is 0 Å². The first-order chi connectivity index (χ1) is 5.67. The molecule has 0 saturated carbocycles. The van der Waals surface area contributed by atoms with Crippen molar-refractivity contribution in [1.82, 2.24) is 0 Å². The summed E-state index contributed by atoms with van der Waals surface area (Å²) in [5.74, 6) is 0. The summed E-state index contributed by atoms with van der Waals surface area (Å²) >= 11 is 0. The first-order valence-corrected chi connectivity index (χ1v) is 5.29. The highest BCUT2D eigenvalue weighted by atomic mass is 28.4. The van der Waals surface area contributed by atoms with Gasteiger partial charge in [-0.2, -0.15) is 0 Å². The molecule has 0 N–H and O–H groups in total. The van der Waals surface area contributed by atoms with Crippen molar-refractivity contribution in [3.63, 3.8) is 0 Å². The molecule has 2 unspecified atom stereocenters. The van der Waals surface area contributed by atoms with E-state index >= 15 is 0 Å². The van der Waals surface area contributed by atoms with Gasteiger partial charge in [-0.1, -0.05) is 0 Å². The summed E-state index contributed by atoms with van der Waals surface area (Å²) in [6.45, 7) is 1.91. The molecule has 72 valence electrons. The summed E-state index contributed by atoms with van der Waals surface area (Å²) in [6.07, 6.45) is -0.131. The SMILES string of the molecule is CO[Si](OC)(OC)OC1OC1C. The first-order valence-electron chi connectivity index (χ1n) is 3.66. The van der Waals surface area contributed by atoms with Crippen molar-refractivity contribution in [2.45, 2.75) is 19.3 Å². The van der Waals surface area contributed by atoms with E-state index in [4.69, 9.17) is 22.4 Å². The second kappa shape index (κ2) is 3.82. The van der Waals surface area contributed by atoms with Crippen LogP contribution in [0.3, 0.4) is 0 Å². The van der Waals surface area contributed by atoms with Gasteiger partial charge in [-0.15, -0.1) is 0 Å². The van der Waals surface area contributed by atoms with Crippen LogP contribution in [0.5, 0.6) is 0 Å². The minimum absolute atomic E-state index is 0.109. The minimum atomic E-state index is -2.88. The van der Waals surface area contributed by atoms with Gasteiger partial charge >= 0.3 is 9.05 Å². The topological polar surface area (TPSA) is 49.5 Å². The Bertz CT molecular complexity index is 141. The summed E-state index contributed by atoms with van der Waals surface area (Å²) < 4.78 is 25.5. The van der Waals surface area contributed by atoms with E-state index in [2.05, 4.69) is 0 Å². The molecule has 1 saturated heterocycles. The molecule has 12 heavy (non-hydrogen) atoms. The van der Waals surface area contributed by atoms with Gasteiger partial charge in [0.15, 0.2) is 6.29 Å². The molecule has 0 radical (unpaired) electrons. The Hall–Kier alpha value is 0.0169. The quantitative estimate of drug-likeness (QED) is 0.459. The Balaban J connectivity index is 2.41. The fourth-order valence-electron chi connectivity index (χ4n) is 0.826. The van der Waals surface area contributed by atoms with Crippen LogP contribution in [0.25, 0.3) is 0 Å². The lowest BCUT2D eigenvalue weighted by Crippen LogP contribution is -2.47. The van der Waals surface area contributed by atoms with E-state index < -0.39 is 9.05 Å². The molecule has 1 aliphatic heterocycles. The number of hydrogen-bond acceptors (Lipinski definition) is 5. The molecular weight excluding hydrogens is 180 g/mol. The Kier molecular flexibility index (Phi) is 3.21. The summed E-state index contributed by atoms with van der Waals surface area (Å²) in [6, 6.07) is 0. The lowest BCUT2D eigenvalue weighted by Gasteiger charge is -2.21. The maximum Gasteiger partial charge on any atom is 0.680 e. The third kappa shape index (κ3) is 2.03. The second-order valence-electron chi connectivity index (χ2n) is 2.44. The molecule has 0 aromatic carbocycles. The highest BCUT2D eigenvalue weighted by Gasteiger charge is 2.51. The fraction of sp³-hybridized carbons (Fsp3) is 1.00. The maximum absolute atomic E-state index is 5.36. The van der Waals surface area contributed by atoms with Crippen LogP contribution in [-0.4, -0.2) is 42.8 Å². The molecule has 1 fully saturated rings. The molecule has 0 spiro atoms. The van der Waals surface area contributed by atoms with Gasteiger partial charge in [-0.25, -0.2) is 0 Å². The predicted octanol–water partition coefficient (Wildman–Crippen LogP) is 0.123. The molecule has 0 aromatic heterocycles. The highest BCUT2D eigenvalue weighted by Crippen LogP contribution is 2.26. The molecule has 2 atom stereocenters. The lowest BCUT2D eigenvalue weighted by molar-refractivity contribution is -0.0215. The van der Waals surface area contributed by atoms with Gasteiger partial charge in [0.1, 0.15) is 6.10 Å². The normalized spacial score (nSPS) is 29.0. The largest absolute Gasteiger partial charge is 0.680 e. The smallest absolute Gasteiger partial charge is 0.355 e. The van der Waals surface area contributed by atoms with Crippen LogP contribution in [0, 0.1) is 0 Å². The van der Waals surface area contributed by atoms with Gasteiger partial charge < -0.3 is 22.4 Å². The van der Waals surface area contributed by atoms with E-state index in [0.717, 1.165) is 0 Å². The van der Waals surface area contributed by atoms with E-state index in [1.807, 2.05) is 6.92 Å². The van der Waals surface area contributed by atoms with Crippen LogP contribution in [0.2, 0.25) is 0 Å². The van der Waals surface area contributed by atoms with Crippen LogP contribution in [0.1, 0.15) is 6.92 Å². The number of rotatable bonds is 5. The van der Waals surface area contributed by atoms with E-state index in [1.165, 1.54) is 21.3 Å². The molecule has 1 rings (SSSR count). The summed E-state index contributed by atoms with van der Waals surface area (Å²) in [7, 11) is 1.59. The average Bonchev–Trinajstić information content (AvgIpc) is 2.78. The second-order valence-corrected chi connectivity index (χ2v) is 4.90. The van der Waals surface area contributed by atoms with Gasteiger partial charge in [0.05, 0.1) is 0 Å². The van der Waals surface area contributed by atoms with Crippen LogP contribution < -0.4 is 0 Å².